The number of ether oxygens (including phenoxy) is 1. The number of benzene rings is 1. The zero-order valence-electron chi connectivity index (χ0n) is 10.9. The van der Waals surface area contributed by atoms with Crippen molar-refractivity contribution >= 4 is 85.5 Å². The molecule has 0 aliphatic rings. The van der Waals surface area contributed by atoms with Gasteiger partial charge in [0.1, 0.15) is 5.60 Å². The minimum absolute atomic E-state index is 0.178. The van der Waals surface area contributed by atoms with E-state index in [-0.39, 0.29) is 5.56 Å². The fraction of sp³-hybridized carbons (Fsp3) is 0.333. The molecule has 0 saturated carbocycles. The van der Waals surface area contributed by atoms with E-state index in [1.165, 1.54) is 0 Å². The van der Waals surface area contributed by atoms with Crippen molar-refractivity contribution in [1.29, 1.82) is 0 Å². The van der Waals surface area contributed by atoms with Gasteiger partial charge in [0.25, 0.3) is 0 Å². The Morgan fingerprint density at radius 3 is 2.20 bits per heavy atom. The summed E-state index contributed by atoms with van der Waals surface area (Å²) in [4.78, 5) is 23.1. The molecule has 0 aliphatic heterocycles. The number of anilines is 1. The normalized spacial score (nSPS) is 11.1. The first-order valence-electron chi connectivity index (χ1n) is 5.43. The van der Waals surface area contributed by atoms with Gasteiger partial charge in [0.05, 0.1) is 14.8 Å². The zero-order chi connectivity index (χ0) is 15.7. The van der Waals surface area contributed by atoms with Crippen molar-refractivity contribution in [2.45, 2.75) is 26.4 Å². The lowest BCUT2D eigenvalue weighted by atomic mass is 10.2. The first-order valence-corrected chi connectivity index (χ1v) is 8.67. The number of halogens is 3. The summed E-state index contributed by atoms with van der Waals surface area (Å²) in [7, 11) is 0. The molecule has 1 aromatic carbocycles. The molecule has 0 fully saturated rings. The topological polar surface area (TPSA) is 75.6 Å². The summed E-state index contributed by atoms with van der Waals surface area (Å²) in [5.74, 6) is -1.03. The lowest BCUT2D eigenvalue weighted by Crippen LogP contribution is -2.28. The Kier molecular flexibility index (Phi) is 6.32. The third kappa shape index (κ3) is 4.86. The summed E-state index contributed by atoms with van der Waals surface area (Å²) in [6, 6.07) is 1.71. The van der Waals surface area contributed by atoms with E-state index < -0.39 is 17.7 Å². The fourth-order valence-electron chi connectivity index (χ4n) is 1.31. The Balaban J connectivity index is 3.16. The summed E-state index contributed by atoms with van der Waals surface area (Å²) >= 11 is 5.93. The smallest absolute Gasteiger partial charge is 0.412 e. The highest BCUT2D eigenvalue weighted by Crippen LogP contribution is 2.32. The molecule has 5 nitrogen and oxygen atoms in total. The minimum Gasteiger partial charge on any atom is -0.478 e. The van der Waals surface area contributed by atoms with Gasteiger partial charge in [0.15, 0.2) is 0 Å². The van der Waals surface area contributed by atoms with Crippen molar-refractivity contribution in [2.75, 3.05) is 5.32 Å². The van der Waals surface area contributed by atoms with Crippen molar-refractivity contribution in [3.63, 3.8) is 0 Å². The highest BCUT2D eigenvalue weighted by Gasteiger charge is 2.22. The molecule has 20 heavy (non-hydrogen) atoms. The second-order valence-electron chi connectivity index (χ2n) is 4.84. The Morgan fingerprint density at radius 2 is 1.75 bits per heavy atom. The van der Waals surface area contributed by atoms with Gasteiger partial charge < -0.3 is 9.84 Å². The van der Waals surface area contributed by atoms with E-state index in [1.807, 2.05) is 67.8 Å². The number of carbonyl (C=O) groups excluding carboxylic acids is 1. The van der Waals surface area contributed by atoms with Crippen LogP contribution in [-0.4, -0.2) is 22.8 Å². The molecule has 0 unspecified atom stereocenters. The maximum absolute atomic E-state index is 11.8. The van der Waals surface area contributed by atoms with E-state index in [9.17, 15) is 14.7 Å². The third-order valence-corrected chi connectivity index (χ3v) is 4.79. The van der Waals surface area contributed by atoms with Gasteiger partial charge in [-0.3, -0.25) is 5.32 Å². The lowest BCUT2D eigenvalue weighted by Gasteiger charge is -2.21. The molecule has 0 aromatic heterocycles. The summed E-state index contributed by atoms with van der Waals surface area (Å²) in [6.45, 7) is 5.29. The van der Waals surface area contributed by atoms with Crippen LogP contribution in [0.15, 0.2) is 6.07 Å². The average Bonchev–Trinajstić information content (AvgIpc) is 2.20. The van der Waals surface area contributed by atoms with Gasteiger partial charge in [-0.2, -0.15) is 0 Å². The predicted octanol–water partition coefficient (Wildman–Crippen LogP) is 4.55. The molecule has 1 rings (SSSR count). The van der Waals surface area contributed by atoms with Gasteiger partial charge in [0, 0.05) is 7.14 Å². The largest absolute Gasteiger partial charge is 0.478 e. The molecule has 0 bridgehead atoms. The average molecular weight is 615 g/mol. The number of nitrogens with one attached hydrogen (secondary N) is 1. The van der Waals surface area contributed by atoms with Crippen LogP contribution in [0.3, 0.4) is 0 Å². The van der Waals surface area contributed by atoms with Crippen LogP contribution in [0.2, 0.25) is 0 Å². The highest BCUT2D eigenvalue weighted by atomic mass is 127. The Hall–Kier alpha value is 0.150. The number of rotatable bonds is 2. The molecular weight excluding hydrogens is 603 g/mol. The van der Waals surface area contributed by atoms with E-state index in [2.05, 4.69) is 5.32 Å². The number of carbonyl (C=O) groups is 2. The highest BCUT2D eigenvalue weighted by molar-refractivity contribution is 14.1. The van der Waals surface area contributed by atoms with Crippen LogP contribution in [0.4, 0.5) is 10.5 Å². The molecule has 0 saturated heterocycles. The molecule has 0 heterocycles. The van der Waals surface area contributed by atoms with E-state index >= 15 is 0 Å². The zero-order valence-corrected chi connectivity index (χ0v) is 17.4. The molecule has 0 radical (unpaired) electrons. The minimum atomic E-state index is -1.03. The summed E-state index contributed by atoms with van der Waals surface area (Å²) < 4.78 is 7.04. The maximum Gasteiger partial charge on any atom is 0.412 e. The van der Waals surface area contributed by atoms with Gasteiger partial charge in [-0.15, -0.1) is 0 Å². The van der Waals surface area contributed by atoms with Crippen LogP contribution in [0.5, 0.6) is 0 Å². The van der Waals surface area contributed by atoms with Gasteiger partial charge in [0.2, 0.25) is 0 Å². The summed E-state index contributed by atoms with van der Waals surface area (Å²) in [6.07, 6.45) is -0.606. The quantitative estimate of drug-likeness (QED) is 0.480. The third-order valence-electron chi connectivity index (χ3n) is 2.01. The van der Waals surface area contributed by atoms with E-state index in [0.717, 1.165) is 3.57 Å². The van der Waals surface area contributed by atoms with Crippen LogP contribution in [0, 0.1) is 10.7 Å². The molecule has 0 aliphatic carbocycles. The molecule has 1 amide bonds. The van der Waals surface area contributed by atoms with Crippen molar-refractivity contribution in [2.24, 2.45) is 0 Å². The van der Waals surface area contributed by atoms with Gasteiger partial charge >= 0.3 is 12.1 Å². The second kappa shape index (κ2) is 6.94. The van der Waals surface area contributed by atoms with Crippen molar-refractivity contribution in [3.05, 3.63) is 22.3 Å². The monoisotopic (exact) mass is 615 g/mol. The molecule has 0 spiro atoms. The Morgan fingerprint density at radius 1 is 1.20 bits per heavy atom. The fourth-order valence-corrected chi connectivity index (χ4v) is 5.41. The van der Waals surface area contributed by atoms with Crippen LogP contribution >= 0.6 is 67.8 Å². The second-order valence-corrected chi connectivity index (χ2v) is 8.24. The van der Waals surface area contributed by atoms with E-state index in [4.69, 9.17) is 4.74 Å². The molecular formula is C12H12I3NO4. The van der Waals surface area contributed by atoms with Crippen LogP contribution in [0.1, 0.15) is 31.1 Å². The van der Waals surface area contributed by atoms with E-state index in [1.54, 1.807) is 26.8 Å². The van der Waals surface area contributed by atoms with E-state index in [0.29, 0.717) is 12.8 Å². The number of hydrogen-bond acceptors (Lipinski definition) is 3. The maximum atomic E-state index is 11.8. The molecule has 2 N–H and O–H groups in total. The Labute approximate surface area is 157 Å². The number of hydrogen-bond donors (Lipinski definition) is 2. The van der Waals surface area contributed by atoms with Crippen molar-refractivity contribution in [1.82, 2.24) is 0 Å². The van der Waals surface area contributed by atoms with Crippen molar-refractivity contribution in [3.8, 4) is 0 Å². The molecule has 1 aromatic rings. The SMILES string of the molecule is CC(C)(C)OC(=O)Nc1c(I)cc(I)c(C(=O)O)c1I. The number of amides is 1. The van der Waals surface area contributed by atoms with Crippen LogP contribution in [-0.2, 0) is 4.74 Å². The van der Waals surface area contributed by atoms with Gasteiger partial charge in [-0.1, -0.05) is 0 Å². The number of carboxylic acid groups (broad SMARTS) is 1. The number of carboxylic acids is 1. The lowest BCUT2D eigenvalue weighted by molar-refractivity contribution is 0.0632. The van der Waals surface area contributed by atoms with Crippen LogP contribution in [0.25, 0.3) is 0 Å². The summed E-state index contributed by atoms with van der Waals surface area (Å²) in [5, 5.41) is 11.8. The van der Waals surface area contributed by atoms with Crippen molar-refractivity contribution < 1.29 is 19.4 Å². The number of aromatic carboxylic acids is 1. The summed E-state index contributed by atoms with van der Waals surface area (Å²) in [5.41, 5.74) is 0.0238. The van der Waals surface area contributed by atoms with Crippen LogP contribution < -0.4 is 5.32 Å². The molecule has 110 valence electrons. The molecule has 0 atom stereocenters. The Bertz CT molecular complexity index is 567. The van der Waals surface area contributed by atoms with Gasteiger partial charge in [-0.25, -0.2) is 9.59 Å². The predicted molar refractivity (Wildman–Crippen MR) is 101 cm³/mol. The first kappa shape index (κ1) is 18.2. The standard InChI is InChI=1S/C12H12I3NO4/c1-12(2,3)20-11(19)16-9-6(14)4-5(13)7(8(9)15)10(17)18/h4H,1-3H3,(H,16,19)(H,17,18). The first-order chi connectivity index (χ1) is 9.03. The van der Waals surface area contributed by atoms with Gasteiger partial charge in [-0.05, 0) is 94.6 Å². The molecule has 8 heteroatoms.